The van der Waals surface area contributed by atoms with Crippen molar-refractivity contribution >= 4 is 5.97 Å². The maximum Gasteiger partial charge on any atom is 0.322 e. The van der Waals surface area contributed by atoms with Gasteiger partial charge in [-0.3, -0.25) is 4.79 Å². The summed E-state index contributed by atoms with van der Waals surface area (Å²) in [7, 11) is 0. The van der Waals surface area contributed by atoms with Crippen molar-refractivity contribution in [2.45, 2.75) is 25.8 Å². The van der Waals surface area contributed by atoms with E-state index in [2.05, 4.69) is 12.2 Å². The Morgan fingerprint density at radius 2 is 2.31 bits per heavy atom. The summed E-state index contributed by atoms with van der Waals surface area (Å²) < 4.78 is 0. The molecule has 4 nitrogen and oxygen atoms in total. The van der Waals surface area contributed by atoms with E-state index in [1.807, 2.05) is 0 Å². The van der Waals surface area contributed by atoms with E-state index < -0.39 is 12.0 Å². The van der Waals surface area contributed by atoms with Crippen LogP contribution in [0.4, 0.5) is 0 Å². The summed E-state index contributed by atoms with van der Waals surface area (Å²) in [6.07, 6.45) is 2.59. The van der Waals surface area contributed by atoms with Crippen molar-refractivity contribution in [1.82, 2.24) is 5.32 Å². The first-order chi connectivity index (χ1) is 6.15. The molecule has 0 bridgehead atoms. The molecule has 0 aromatic heterocycles. The second-order valence-corrected chi connectivity index (χ2v) is 3.85. The Morgan fingerprint density at radius 1 is 1.69 bits per heavy atom. The molecule has 13 heavy (non-hydrogen) atoms. The van der Waals surface area contributed by atoms with Gasteiger partial charge in [-0.25, -0.2) is 0 Å². The minimum Gasteiger partial charge on any atom is -0.480 e. The van der Waals surface area contributed by atoms with E-state index in [4.69, 9.17) is 10.8 Å². The zero-order valence-electron chi connectivity index (χ0n) is 7.99. The normalized spacial score (nSPS) is 21.1. The summed E-state index contributed by atoms with van der Waals surface area (Å²) in [4.78, 5) is 10.6. The van der Waals surface area contributed by atoms with Crippen LogP contribution in [-0.2, 0) is 4.79 Å². The largest absolute Gasteiger partial charge is 0.480 e. The van der Waals surface area contributed by atoms with Crippen LogP contribution in [0.15, 0.2) is 0 Å². The molecule has 4 heteroatoms. The number of carboxylic acids is 1. The second-order valence-electron chi connectivity index (χ2n) is 3.85. The van der Waals surface area contributed by atoms with Gasteiger partial charge < -0.3 is 16.2 Å². The molecule has 0 amide bonds. The van der Waals surface area contributed by atoms with E-state index in [1.165, 1.54) is 12.8 Å². The molecule has 0 aliphatic heterocycles. The molecule has 1 aliphatic rings. The predicted octanol–water partition coefficient (Wildman–Crippen LogP) is 0.0340. The fourth-order valence-electron chi connectivity index (χ4n) is 1.43. The molecule has 0 heterocycles. The van der Waals surface area contributed by atoms with Crippen LogP contribution in [-0.4, -0.2) is 30.2 Å². The molecule has 0 spiro atoms. The number of carbonyl (C=O) groups is 1. The van der Waals surface area contributed by atoms with E-state index in [1.54, 1.807) is 0 Å². The van der Waals surface area contributed by atoms with E-state index in [0.717, 1.165) is 12.5 Å². The third kappa shape index (κ3) is 3.32. The summed E-state index contributed by atoms with van der Waals surface area (Å²) in [6.45, 7) is 3.08. The Balaban J connectivity index is 2.18. The lowest BCUT2D eigenvalue weighted by Gasteiger charge is -2.15. The zero-order chi connectivity index (χ0) is 9.84. The Hall–Kier alpha value is -0.610. The van der Waals surface area contributed by atoms with Crippen LogP contribution in [0, 0.1) is 11.8 Å². The molecule has 1 aliphatic carbocycles. The van der Waals surface area contributed by atoms with Gasteiger partial charge >= 0.3 is 5.97 Å². The van der Waals surface area contributed by atoms with Crippen molar-refractivity contribution in [3.05, 3.63) is 0 Å². The summed E-state index contributed by atoms with van der Waals surface area (Å²) in [6, 6.07) is -0.582. The number of rotatable bonds is 6. The lowest BCUT2D eigenvalue weighted by atomic mass is 10.1. The van der Waals surface area contributed by atoms with E-state index in [-0.39, 0.29) is 6.54 Å². The molecular formula is C9H18N2O2. The number of aliphatic carboxylic acids is 1. The van der Waals surface area contributed by atoms with Crippen molar-refractivity contribution in [3.8, 4) is 0 Å². The van der Waals surface area contributed by atoms with Gasteiger partial charge in [0.1, 0.15) is 6.04 Å². The first-order valence-electron chi connectivity index (χ1n) is 4.81. The quantitative estimate of drug-likeness (QED) is 0.547. The molecule has 0 aromatic rings. The Bertz CT molecular complexity index is 180. The van der Waals surface area contributed by atoms with Crippen LogP contribution in [0.1, 0.15) is 19.8 Å². The van der Waals surface area contributed by atoms with Gasteiger partial charge in [-0.2, -0.15) is 0 Å². The first-order valence-corrected chi connectivity index (χ1v) is 4.81. The Kier molecular flexibility index (Phi) is 3.69. The standard InChI is InChI=1S/C9H18N2O2/c1-6(7-2-3-7)5-11-8(4-10)9(12)13/h6-8,11H,2-5,10H2,1H3,(H,12,13). The molecule has 0 aromatic carbocycles. The maximum atomic E-state index is 10.6. The number of carboxylic acid groups (broad SMARTS) is 1. The Labute approximate surface area is 78.5 Å². The smallest absolute Gasteiger partial charge is 0.322 e. The highest BCUT2D eigenvalue weighted by Gasteiger charge is 2.28. The van der Waals surface area contributed by atoms with Crippen LogP contribution in [0.25, 0.3) is 0 Å². The van der Waals surface area contributed by atoms with Crippen LogP contribution >= 0.6 is 0 Å². The number of hydrogen-bond donors (Lipinski definition) is 3. The fourth-order valence-corrected chi connectivity index (χ4v) is 1.43. The van der Waals surface area contributed by atoms with Gasteiger partial charge in [0.15, 0.2) is 0 Å². The van der Waals surface area contributed by atoms with Crippen molar-refractivity contribution in [3.63, 3.8) is 0 Å². The number of nitrogens with two attached hydrogens (primary N) is 1. The first kappa shape index (κ1) is 10.5. The molecule has 4 N–H and O–H groups in total. The van der Waals surface area contributed by atoms with Gasteiger partial charge in [-0.15, -0.1) is 0 Å². The third-order valence-electron chi connectivity index (χ3n) is 2.65. The summed E-state index contributed by atoms with van der Waals surface area (Å²) in [5.74, 6) is 0.526. The molecule has 1 rings (SSSR count). The van der Waals surface area contributed by atoms with E-state index in [0.29, 0.717) is 5.92 Å². The van der Waals surface area contributed by atoms with Gasteiger partial charge in [0.25, 0.3) is 0 Å². The average molecular weight is 186 g/mol. The third-order valence-corrected chi connectivity index (χ3v) is 2.65. The van der Waals surface area contributed by atoms with E-state index in [9.17, 15) is 4.79 Å². The average Bonchev–Trinajstić information content (AvgIpc) is 2.86. The highest BCUT2D eigenvalue weighted by molar-refractivity contribution is 5.73. The van der Waals surface area contributed by atoms with Crippen LogP contribution in [0.2, 0.25) is 0 Å². The molecule has 2 unspecified atom stereocenters. The van der Waals surface area contributed by atoms with Gasteiger partial charge in [-0.1, -0.05) is 6.92 Å². The lowest BCUT2D eigenvalue weighted by molar-refractivity contribution is -0.139. The molecule has 0 radical (unpaired) electrons. The van der Waals surface area contributed by atoms with Gasteiger partial charge in [0, 0.05) is 6.54 Å². The molecule has 0 saturated heterocycles. The van der Waals surface area contributed by atoms with Crippen LogP contribution in [0.5, 0.6) is 0 Å². The molecule has 76 valence electrons. The summed E-state index contributed by atoms with van der Waals surface area (Å²) >= 11 is 0. The van der Waals surface area contributed by atoms with Gasteiger partial charge in [-0.05, 0) is 31.2 Å². The highest BCUT2D eigenvalue weighted by Crippen LogP contribution is 2.36. The fraction of sp³-hybridized carbons (Fsp3) is 0.889. The van der Waals surface area contributed by atoms with Crippen molar-refractivity contribution in [2.24, 2.45) is 17.6 Å². The van der Waals surface area contributed by atoms with Crippen molar-refractivity contribution in [2.75, 3.05) is 13.1 Å². The summed E-state index contributed by atoms with van der Waals surface area (Å²) in [5, 5.41) is 11.7. The highest BCUT2D eigenvalue weighted by atomic mass is 16.4. The number of hydrogen-bond acceptors (Lipinski definition) is 3. The van der Waals surface area contributed by atoms with Crippen LogP contribution in [0.3, 0.4) is 0 Å². The Morgan fingerprint density at radius 3 is 2.69 bits per heavy atom. The van der Waals surface area contributed by atoms with Crippen LogP contribution < -0.4 is 11.1 Å². The maximum absolute atomic E-state index is 10.6. The molecular weight excluding hydrogens is 168 g/mol. The molecule has 2 atom stereocenters. The minimum atomic E-state index is -0.856. The topological polar surface area (TPSA) is 75.3 Å². The SMILES string of the molecule is CC(CNC(CN)C(=O)O)C1CC1. The lowest BCUT2D eigenvalue weighted by Crippen LogP contribution is -2.44. The van der Waals surface area contributed by atoms with E-state index >= 15 is 0 Å². The molecule has 1 saturated carbocycles. The van der Waals surface area contributed by atoms with Gasteiger partial charge in [0.05, 0.1) is 0 Å². The minimum absolute atomic E-state index is 0.159. The predicted molar refractivity (Wildman–Crippen MR) is 50.4 cm³/mol. The van der Waals surface area contributed by atoms with Gasteiger partial charge in [0.2, 0.25) is 0 Å². The number of nitrogens with one attached hydrogen (secondary N) is 1. The monoisotopic (exact) mass is 186 g/mol. The zero-order valence-corrected chi connectivity index (χ0v) is 7.99. The van der Waals surface area contributed by atoms with Crippen molar-refractivity contribution < 1.29 is 9.90 Å². The van der Waals surface area contributed by atoms with Crippen molar-refractivity contribution in [1.29, 1.82) is 0 Å². The summed E-state index contributed by atoms with van der Waals surface area (Å²) in [5.41, 5.74) is 5.31. The molecule has 1 fully saturated rings. The second kappa shape index (κ2) is 4.58.